The molecule has 19 heavy (non-hydrogen) atoms. The molecule has 2 unspecified atom stereocenters. The molecule has 2 aliphatic rings. The van der Waals surface area contributed by atoms with Gasteiger partial charge in [0, 0.05) is 14.1 Å². The molecule has 2 bridgehead atoms. The Kier molecular flexibility index (Phi) is 4.46. The first-order valence-electron chi connectivity index (χ1n) is 6.98. The molecule has 104 valence electrons. The molecule has 0 aromatic heterocycles. The predicted molar refractivity (Wildman–Crippen MR) is 76.5 cm³/mol. The summed E-state index contributed by atoms with van der Waals surface area (Å²) in [5.41, 5.74) is 1.39. The number of allylic oxidation sites excluding steroid dienone is 5. The van der Waals surface area contributed by atoms with Crippen molar-refractivity contribution in [2.75, 3.05) is 20.7 Å². The van der Waals surface area contributed by atoms with E-state index in [0.717, 1.165) is 18.1 Å². The fraction of sp³-hybridized carbons (Fsp3) is 0.562. The van der Waals surface area contributed by atoms with E-state index in [2.05, 4.69) is 25.2 Å². The van der Waals surface area contributed by atoms with Gasteiger partial charge in [0.2, 0.25) is 0 Å². The summed E-state index contributed by atoms with van der Waals surface area (Å²) in [5, 5.41) is 0. The summed E-state index contributed by atoms with van der Waals surface area (Å²) in [4.78, 5) is 13.1. The van der Waals surface area contributed by atoms with E-state index < -0.39 is 0 Å². The smallest absolute Gasteiger partial charge is 0.259 e. The molecule has 0 saturated carbocycles. The zero-order chi connectivity index (χ0) is 13.8. The maximum absolute atomic E-state index is 11.5. The van der Waals surface area contributed by atoms with Crippen molar-refractivity contribution in [3.63, 3.8) is 0 Å². The summed E-state index contributed by atoms with van der Waals surface area (Å²) < 4.78 is 5.62. The number of rotatable bonds is 3. The van der Waals surface area contributed by atoms with Gasteiger partial charge in [-0.1, -0.05) is 24.6 Å². The van der Waals surface area contributed by atoms with E-state index in [1.165, 1.54) is 18.4 Å². The van der Waals surface area contributed by atoms with Crippen LogP contribution in [0.1, 0.15) is 26.2 Å². The Labute approximate surface area is 115 Å². The number of fused-ring (bicyclic) bond motifs is 1. The monoisotopic (exact) mass is 261 g/mol. The van der Waals surface area contributed by atoms with E-state index in [0.29, 0.717) is 5.92 Å². The normalized spacial score (nSPS) is 25.8. The van der Waals surface area contributed by atoms with Gasteiger partial charge in [-0.2, -0.15) is 0 Å². The molecule has 0 aromatic rings. The zero-order valence-electron chi connectivity index (χ0n) is 12.1. The standard InChI is InChI=1S/C16H23NO2/c1-12-4-5-13-6-7-15(10-14(8-12)9-13)19-11-16(18)17(2)3/h6-7,9-10,12,14H,4-5,8,11H2,1-3H3. The number of likely N-dealkylation sites (N-methyl/N-ethyl adjacent to an activating group) is 1. The van der Waals surface area contributed by atoms with Crippen molar-refractivity contribution in [1.29, 1.82) is 0 Å². The Morgan fingerprint density at radius 1 is 1.37 bits per heavy atom. The number of nitrogens with zero attached hydrogens (tertiary/aromatic N) is 1. The van der Waals surface area contributed by atoms with Crippen LogP contribution in [0.5, 0.6) is 0 Å². The third kappa shape index (κ3) is 3.98. The highest BCUT2D eigenvalue weighted by Crippen LogP contribution is 2.30. The molecule has 0 radical (unpaired) electrons. The average Bonchev–Trinajstić information content (AvgIpc) is 2.66. The third-order valence-electron chi connectivity index (χ3n) is 3.73. The Balaban J connectivity index is 2.01. The Hall–Kier alpha value is -1.51. The molecule has 0 aromatic carbocycles. The van der Waals surface area contributed by atoms with Gasteiger partial charge < -0.3 is 9.64 Å². The number of carbonyl (C=O) groups excluding carboxylic acids is 1. The molecule has 0 N–H and O–H groups in total. The van der Waals surface area contributed by atoms with Crippen molar-refractivity contribution >= 4 is 5.91 Å². The first-order chi connectivity index (χ1) is 9.04. The van der Waals surface area contributed by atoms with Crippen molar-refractivity contribution in [1.82, 2.24) is 4.90 Å². The molecule has 2 aliphatic carbocycles. The van der Waals surface area contributed by atoms with Gasteiger partial charge in [0.25, 0.3) is 5.91 Å². The zero-order valence-corrected chi connectivity index (χ0v) is 12.1. The first kappa shape index (κ1) is 13.9. The number of hydrogen-bond acceptors (Lipinski definition) is 2. The van der Waals surface area contributed by atoms with Crippen LogP contribution in [0.4, 0.5) is 0 Å². The Bertz CT molecular complexity index is 432. The number of hydrogen-bond donors (Lipinski definition) is 0. The van der Waals surface area contributed by atoms with E-state index in [1.807, 2.05) is 6.08 Å². The lowest BCUT2D eigenvalue weighted by Gasteiger charge is -2.15. The molecule has 2 atom stereocenters. The molecule has 2 rings (SSSR count). The maximum Gasteiger partial charge on any atom is 0.259 e. The summed E-state index contributed by atoms with van der Waals surface area (Å²) in [5.74, 6) is 1.99. The van der Waals surface area contributed by atoms with Crippen molar-refractivity contribution in [3.8, 4) is 0 Å². The van der Waals surface area contributed by atoms with Crippen molar-refractivity contribution < 1.29 is 9.53 Å². The fourth-order valence-electron chi connectivity index (χ4n) is 2.50. The van der Waals surface area contributed by atoms with Crippen molar-refractivity contribution in [2.24, 2.45) is 11.8 Å². The molecule has 0 saturated heterocycles. The van der Waals surface area contributed by atoms with E-state index in [1.54, 1.807) is 19.0 Å². The molecule has 3 heteroatoms. The van der Waals surface area contributed by atoms with Crippen LogP contribution < -0.4 is 0 Å². The summed E-state index contributed by atoms with van der Waals surface area (Å²) in [6, 6.07) is 0. The Morgan fingerprint density at radius 3 is 2.89 bits per heavy atom. The minimum absolute atomic E-state index is 0.0104. The topological polar surface area (TPSA) is 29.5 Å². The number of carbonyl (C=O) groups is 1. The second kappa shape index (κ2) is 6.09. The SMILES string of the molecule is CC1CCC2=CC(C=C(OCC(=O)N(C)C)C=C2)C1. The summed E-state index contributed by atoms with van der Waals surface area (Å²) in [7, 11) is 3.48. The molecule has 1 amide bonds. The molecular formula is C16H23NO2. The van der Waals surface area contributed by atoms with E-state index in [4.69, 9.17) is 4.74 Å². The van der Waals surface area contributed by atoms with E-state index in [-0.39, 0.29) is 12.5 Å². The van der Waals surface area contributed by atoms with Crippen LogP contribution in [0.25, 0.3) is 0 Å². The van der Waals surface area contributed by atoms with Gasteiger partial charge >= 0.3 is 0 Å². The lowest BCUT2D eigenvalue weighted by Crippen LogP contribution is -2.26. The van der Waals surface area contributed by atoms with Crippen molar-refractivity contribution in [3.05, 3.63) is 35.6 Å². The first-order valence-corrected chi connectivity index (χ1v) is 6.98. The number of ether oxygens (including phenoxy) is 1. The van der Waals surface area contributed by atoms with Crippen LogP contribution in [0.3, 0.4) is 0 Å². The largest absolute Gasteiger partial charge is 0.484 e. The quantitative estimate of drug-likeness (QED) is 0.781. The fourth-order valence-corrected chi connectivity index (χ4v) is 2.50. The maximum atomic E-state index is 11.5. The summed E-state index contributed by atoms with van der Waals surface area (Å²) in [6.45, 7) is 2.42. The van der Waals surface area contributed by atoms with Gasteiger partial charge in [0.05, 0.1) is 0 Å². The second-order valence-electron chi connectivity index (χ2n) is 5.76. The van der Waals surface area contributed by atoms with Gasteiger partial charge in [-0.15, -0.1) is 0 Å². The Morgan fingerprint density at radius 2 is 2.16 bits per heavy atom. The minimum atomic E-state index is -0.0104. The van der Waals surface area contributed by atoms with Gasteiger partial charge in [-0.05, 0) is 43.3 Å². The molecule has 0 heterocycles. The lowest BCUT2D eigenvalue weighted by molar-refractivity contribution is -0.132. The van der Waals surface area contributed by atoms with E-state index in [9.17, 15) is 4.79 Å². The van der Waals surface area contributed by atoms with Crippen LogP contribution >= 0.6 is 0 Å². The molecule has 0 fully saturated rings. The van der Waals surface area contributed by atoms with Crippen LogP contribution in [-0.4, -0.2) is 31.5 Å². The van der Waals surface area contributed by atoms with Crippen LogP contribution in [0, 0.1) is 11.8 Å². The van der Waals surface area contributed by atoms with Crippen LogP contribution in [0.2, 0.25) is 0 Å². The third-order valence-corrected chi connectivity index (χ3v) is 3.73. The molecular weight excluding hydrogens is 238 g/mol. The van der Waals surface area contributed by atoms with E-state index >= 15 is 0 Å². The van der Waals surface area contributed by atoms with Gasteiger partial charge in [0.15, 0.2) is 6.61 Å². The highest BCUT2D eigenvalue weighted by molar-refractivity contribution is 5.76. The highest BCUT2D eigenvalue weighted by Gasteiger charge is 2.18. The molecule has 3 nitrogen and oxygen atoms in total. The van der Waals surface area contributed by atoms with Gasteiger partial charge in [0.1, 0.15) is 5.76 Å². The van der Waals surface area contributed by atoms with Crippen LogP contribution in [0.15, 0.2) is 35.6 Å². The molecule has 0 spiro atoms. The minimum Gasteiger partial charge on any atom is -0.484 e. The van der Waals surface area contributed by atoms with Crippen molar-refractivity contribution in [2.45, 2.75) is 26.2 Å². The average molecular weight is 261 g/mol. The highest BCUT2D eigenvalue weighted by atomic mass is 16.5. The second-order valence-corrected chi connectivity index (χ2v) is 5.76. The number of amides is 1. The van der Waals surface area contributed by atoms with Crippen LogP contribution in [-0.2, 0) is 9.53 Å². The lowest BCUT2D eigenvalue weighted by atomic mass is 9.95. The van der Waals surface area contributed by atoms with Gasteiger partial charge in [-0.25, -0.2) is 0 Å². The van der Waals surface area contributed by atoms with Gasteiger partial charge in [-0.3, -0.25) is 4.79 Å². The summed E-state index contributed by atoms with van der Waals surface area (Å²) in [6.07, 6.45) is 12.2. The summed E-state index contributed by atoms with van der Waals surface area (Å²) >= 11 is 0. The predicted octanol–water partition coefficient (Wildman–Crippen LogP) is 2.91. The molecule has 0 aliphatic heterocycles.